The molecular formula is C2H9N7. The van der Waals surface area contributed by atoms with E-state index in [1.807, 2.05) is 6.92 Å². The Labute approximate surface area is 52.0 Å². The minimum Gasteiger partial charge on any atom is -0.207 e. The third kappa shape index (κ3) is 0.804. The van der Waals surface area contributed by atoms with Gasteiger partial charge in [-0.3, -0.25) is 0 Å². The van der Waals surface area contributed by atoms with E-state index >= 15 is 0 Å². The lowest BCUT2D eigenvalue weighted by molar-refractivity contribution is -0.174. The molecule has 0 saturated carbocycles. The van der Waals surface area contributed by atoms with Gasteiger partial charge in [0.25, 0.3) is 0 Å². The molecule has 0 atom stereocenters. The lowest BCUT2D eigenvalue weighted by Gasteiger charge is -2.48. The smallest absolute Gasteiger partial charge is 0.161 e. The van der Waals surface area contributed by atoms with Gasteiger partial charge in [-0.2, -0.15) is 16.6 Å². The van der Waals surface area contributed by atoms with E-state index in [1.54, 1.807) is 0 Å². The predicted octanol–water partition coefficient (Wildman–Crippen LogP) is -2.98. The highest BCUT2D eigenvalue weighted by Crippen LogP contribution is 1.94. The van der Waals surface area contributed by atoms with Gasteiger partial charge in [0, 0.05) is 0 Å². The predicted molar refractivity (Wildman–Crippen MR) is 29.1 cm³/mol. The second kappa shape index (κ2) is 1.61. The maximum absolute atomic E-state index is 2.92. The van der Waals surface area contributed by atoms with Gasteiger partial charge in [-0.25, -0.2) is 16.3 Å². The molecule has 6 N–H and O–H groups in total. The third-order valence-electron chi connectivity index (χ3n) is 1.25. The Balaban J connectivity index is 2.11. The first-order valence-electron chi connectivity index (χ1n) is 2.67. The molecule has 0 spiro atoms. The summed E-state index contributed by atoms with van der Waals surface area (Å²) in [5, 5.41) is 1.51. The molecule has 0 aromatic carbocycles. The van der Waals surface area contributed by atoms with Crippen LogP contribution in [0.5, 0.6) is 0 Å². The SMILES string of the molecule is CC12NNN(NN1)NN2. The number of hydrazine groups is 6. The highest BCUT2D eigenvalue weighted by Gasteiger charge is 2.33. The van der Waals surface area contributed by atoms with Gasteiger partial charge in [-0.1, -0.05) is 5.23 Å². The van der Waals surface area contributed by atoms with Gasteiger partial charge in [0.15, 0.2) is 5.79 Å². The van der Waals surface area contributed by atoms with Crippen LogP contribution >= 0.6 is 0 Å². The van der Waals surface area contributed by atoms with Gasteiger partial charge in [0.2, 0.25) is 0 Å². The Bertz CT molecular complexity index is 100. The van der Waals surface area contributed by atoms with Gasteiger partial charge >= 0.3 is 0 Å². The van der Waals surface area contributed by atoms with Crippen LogP contribution in [0.15, 0.2) is 0 Å². The van der Waals surface area contributed by atoms with E-state index in [9.17, 15) is 0 Å². The Morgan fingerprint density at radius 3 is 1.67 bits per heavy atom. The van der Waals surface area contributed by atoms with Gasteiger partial charge in [-0.05, 0) is 6.92 Å². The minimum atomic E-state index is -0.339. The normalized spacial score (nSPS) is 49.7. The van der Waals surface area contributed by atoms with Crippen molar-refractivity contribution < 1.29 is 0 Å². The maximum Gasteiger partial charge on any atom is 0.161 e. The summed E-state index contributed by atoms with van der Waals surface area (Å²) >= 11 is 0. The van der Waals surface area contributed by atoms with Crippen LogP contribution in [0.4, 0.5) is 0 Å². The molecule has 0 amide bonds. The summed E-state index contributed by atoms with van der Waals surface area (Å²) in [6.07, 6.45) is 0. The molecule has 3 saturated heterocycles. The van der Waals surface area contributed by atoms with E-state index in [0.717, 1.165) is 0 Å². The van der Waals surface area contributed by atoms with Crippen molar-refractivity contribution in [2.45, 2.75) is 12.7 Å². The van der Waals surface area contributed by atoms with Crippen LogP contribution in [0.3, 0.4) is 0 Å². The number of hydrogen-bond donors (Lipinski definition) is 6. The third-order valence-corrected chi connectivity index (χ3v) is 1.25. The molecule has 2 bridgehead atoms. The highest BCUT2D eigenvalue weighted by molar-refractivity contribution is 4.75. The number of rotatable bonds is 0. The molecule has 3 aliphatic heterocycles. The topological polar surface area (TPSA) is 75.4 Å². The van der Waals surface area contributed by atoms with Gasteiger partial charge in [-0.15, -0.1) is 0 Å². The van der Waals surface area contributed by atoms with Crippen molar-refractivity contribution in [3.63, 3.8) is 0 Å². The molecule has 7 heteroatoms. The van der Waals surface area contributed by atoms with E-state index in [0.29, 0.717) is 0 Å². The van der Waals surface area contributed by atoms with Crippen molar-refractivity contribution in [1.29, 1.82) is 0 Å². The van der Waals surface area contributed by atoms with E-state index in [4.69, 9.17) is 0 Å². The summed E-state index contributed by atoms with van der Waals surface area (Å²) in [7, 11) is 0. The zero-order valence-electron chi connectivity index (χ0n) is 4.95. The van der Waals surface area contributed by atoms with Crippen LogP contribution in [0.2, 0.25) is 0 Å². The van der Waals surface area contributed by atoms with Crippen molar-refractivity contribution in [3.05, 3.63) is 0 Å². The molecule has 0 radical (unpaired) electrons. The fourth-order valence-corrected chi connectivity index (χ4v) is 0.681. The first-order valence-corrected chi connectivity index (χ1v) is 2.67. The van der Waals surface area contributed by atoms with Gasteiger partial charge in [0.1, 0.15) is 0 Å². The van der Waals surface area contributed by atoms with E-state index < -0.39 is 0 Å². The standard InChI is InChI=1S/C2H9N7/c1-2-3-6-9(7-4-2)8-5-2/h3-8H,1H3. The molecule has 3 aliphatic rings. The Kier molecular flexibility index (Phi) is 0.983. The van der Waals surface area contributed by atoms with Crippen molar-refractivity contribution in [2.24, 2.45) is 0 Å². The molecule has 9 heavy (non-hydrogen) atoms. The maximum atomic E-state index is 2.92. The highest BCUT2D eigenvalue weighted by atomic mass is 16.1. The van der Waals surface area contributed by atoms with Crippen molar-refractivity contribution >= 4 is 0 Å². The Morgan fingerprint density at radius 2 is 1.44 bits per heavy atom. The second-order valence-corrected chi connectivity index (χ2v) is 2.17. The summed E-state index contributed by atoms with van der Waals surface area (Å²) in [4.78, 5) is 0. The molecule has 3 heterocycles. The Hall–Kier alpha value is -0.280. The van der Waals surface area contributed by atoms with Gasteiger partial charge in [0.05, 0.1) is 0 Å². The average molecular weight is 131 g/mol. The van der Waals surface area contributed by atoms with Gasteiger partial charge < -0.3 is 0 Å². The van der Waals surface area contributed by atoms with E-state index in [2.05, 4.69) is 32.9 Å². The van der Waals surface area contributed by atoms with Crippen molar-refractivity contribution in [3.8, 4) is 0 Å². The average Bonchev–Trinajstić information content (AvgIpc) is 1.90. The van der Waals surface area contributed by atoms with Crippen LogP contribution in [0.1, 0.15) is 6.92 Å². The number of nitrogens with one attached hydrogen (secondary N) is 6. The molecular weight excluding hydrogens is 122 g/mol. The van der Waals surface area contributed by atoms with Crippen molar-refractivity contribution in [2.75, 3.05) is 0 Å². The lowest BCUT2D eigenvalue weighted by Crippen LogP contribution is -2.92. The molecule has 0 aromatic rings. The largest absolute Gasteiger partial charge is 0.207 e. The van der Waals surface area contributed by atoms with Crippen LogP contribution in [-0.2, 0) is 0 Å². The van der Waals surface area contributed by atoms with Crippen LogP contribution in [0.25, 0.3) is 0 Å². The fraction of sp³-hybridized carbons (Fsp3) is 1.00. The fourth-order valence-electron chi connectivity index (χ4n) is 0.681. The quantitative estimate of drug-likeness (QED) is 0.209. The zero-order chi connectivity index (χ0) is 6.32. The van der Waals surface area contributed by atoms with Crippen molar-refractivity contribution in [1.82, 2.24) is 38.1 Å². The number of nitrogens with zero attached hydrogens (tertiary/aromatic N) is 1. The number of fused-ring (bicyclic) bond motifs is 3. The van der Waals surface area contributed by atoms with Crippen LogP contribution in [-0.4, -0.2) is 11.0 Å². The first kappa shape index (κ1) is 5.50. The molecule has 0 aliphatic carbocycles. The molecule has 0 aromatic heterocycles. The summed E-state index contributed by atoms with van der Waals surface area (Å²) in [5.74, 6) is -0.339. The van der Waals surface area contributed by atoms with E-state index in [-0.39, 0.29) is 5.79 Å². The minimum absolute atomic E-state index is 0.339. The Morgan fingerprint density at radius 1 is 1.00 bits per heavy atom. The summed E-state index contributed by atoms with van der Waals surface area (Å²) < 4.78 is 0. The molecule has 7 nitrogen and oxygen atoms in total. The molecule has 3 rings (SSSR count). The summed E-state index contributed by atoms with van der Waals surface area (Å²) in [6.45, 7) is 1.93. The molecule has 3 fully saturated rings. The zero-order valence-corrected chi connectivity index (χ0v) is 4.95. The summed E-state index contributed by atoms with van der Waals surface area (Å²) in [5.41, 5.74) is 17.2. The molecule has 52 valence electrons. The number of hydrogen-bond acceptors (Lipinski definition) is 7. The first-order chi connectivity index (χ1) is 4.29. The lowest BCUT2D eigenvalue weighted by atomic mass is 10.4. The van der Waals surface area contributed by atoms with Crippen LogP contribution < -0.4 is 32.9 Å². The summed E-state index contributed by atoms with van der Waals surface area (Å²) in [6, 6.07) is 0. The molecule has 0 unspecified atom stereocenters. The monoisotopic (exact) mass is 131 g/mol. The van der Waals surface area contributed by atoms with E-state index in [1.165, 1.54) is 5.23 Å². The van der Waals surface area contributed by atoms with Crippen LogP contribution in [0, 0.1) is 0 Å². The second-order valence-electron chi connectivity index (χ2n) is 2.17.